The van der Waals surface area contributed by atoms with Gasteiger partial charge in [-0.2, -0.15) is 0 Å². The van der Waals surface area contributed by atoms with Crippen LogP contribution in [0.1, 0.15) is 30.7 Å². The highest BCUT2D eigenvalue weighted by molar-refractivity contribution is 9.10. The Kier molecular flexibility index (Phi) is 3.14. The van der Waals surface area contributed by atoms with Crippen LogP contribution in [0.15, 0.2) is 16.6 Å². The zero-order valence-electron chi connectivity index (χ0n) is 8.08. The summed E-state index contributed by atoms with van der Waals surface area (Å²) in [6.07, 6.45) is 3.37. The van der Waals surface area contributed by atoms with E-state index in [1.165, 1.54) is 12.5 Å². The third-order valence-electron chi connectivity index (χ3n) is 2.94. The Morgan fingerprint density at radius 1 is 1.33 bits per heavy atom. The predicted molar refractivity (Wildman–Crippen MR) is 60.5 cm³/mol. The molecule has 0 heterocycles. The second kappa shape index (κ2) is 4.24. The number of benzene rings is 1. The van der Waals surface area contributed by atoms with Gasteiger partial charge in [-0.05, 0) is 36.5 Å². The summed E-state index contributed by atoms with van der Waals surface area (Å²) in [7, 11) is -1.77. The SMILES string of the molecule is OB(O)c1c(F)cc(C2CCC2)cc1Br. The Hall–Kier alpha value is -0.385. The highest BCUT2D eigenvalue weighted by atomic mass is 79.9. The van der Waals surface area contributed by atoms with Crippen LogP contribution in [0.4, 0.5) is 4.39 Å². The van der Waals surface area contributed by atoms with Gasteiger partial charge in [-0.15, -0.1) is 0 Å². The van der Waals surface area contributed by atoms with E-state index >= 15 is 0 Å². The Labute approximate surface area is 96.4 Å². The number of hydrogen-bond acceptors (Lipinski definition) is 2. The van der Waals surface area contributed by atoms with Crippen molar-refractivity contribution in [2.45, 2.75) is 25.2 Å². The van der Waals surface area contributed by atoms with Gasteiger partial charge in [-0.25, -0.2) is 4.39 Å². The fourth-order valence-corrected chi connectivity index (χ4v) is 2.49. The van der Waals surface area contributed by atoms with Crippen molar-refractivity contribution in [3.05, 3.63) is 28.0 Å². The van der Waals surface area contributed by atoms with Crippen molar-refractivity contribution in [3.8, 4) is 0 Å². The van der Waals surface area contributed by atoms with Crippen LogP contribution < -0.4 is 5.46 Å². The maximum absolute atomic E-state index is 13.5. The lowest BCUT2D eigenvalue weighted by Gasteiger charge is -2.26. The van der Waals surface area contributed by atoms with E-state index in [9.17, 15) is 4.39 Å². The minimum atomic E-state index is -1.77. The third-order valence-corrected chi connectivity index (χ3v) is 3.59. The largest absolute Gasteiger partial charge is 0.492 e. The maximum atomic E-state index is 13.5. The number of rotatable bonds is 2. The van der Waals surface area contributed by atoms with E-state index in [1.54, 1.807) is 6.07 Å². The van der Waals surface area contributed by atoms with E-state index < -0.39 is 12.9 Å². The predicted octanol–water partition coefficient (Wildman–Crippen LogP) is 1.54. The first kappa shape index (κ1) is 11.1. The average molecular weight is 273 g/mol. The molecule has 0 unspecified atom stereocenters. The van der Waals surface area contributed by atoms with Crippen LogP contribution in [-0.4, -0.2) is 17.2 Å². The lowest BCUT2D eigenvalue weighted by molar-refractivity contribution is 0.415. The second-order valence-electron chi connectivity index (χ2n) is 3.90. The topological polar surface area (TPSA) is 40.5 Å². The monoisotopic (exact) mass is 272 g/mol. The van der Waals surface area contributed by atoms with Gasteiger partial charge in [0.1, 0.15) is 5.82 Å². The van der Waals surface area contributed by atoms with E-state index in [0.717, 1.165) is 18.4 Å². The summed E-state index contributed by atoms with van der Waals surface area (Å²) < 4.78 is 14.0. The van der Waals surface area contributed by atoms with E-state index in [4.69, 9.17) is 10.0 Å². The minimum absolute atomic E-state index is 0.0851. The van der Waals surface area contributed by atoms with Gasteiger partial charge in [0.2, 0.25) is 0 Å². The third kappa shape index (κ3) is 2.09. The molecule has 15 heavy (non-hydrogen) atoms. The summed E-state index contributed by atoms with van der Waals surface area (Å²) in [6, 6.07) is 3.19. The summed E-state index contributed by atoms with van der Waals surface area (Å²) in [5.41, 5.74) is 0.855. The first-order valence-corrected chi connectivity index (χ1v) is 5.74. The molecule has 0 bridgehead atoms. The normalized spacial score (nSPS) is 16.3. The average Bonchev–Trinajstić information content (AvgIpc) is 1.97. The van der Waals surface area contributed by atoms with Gasteiger partial charge in [0.25, 0.3) is 0 Å². The quantitative estimate of drug-likeness (QED) is 0.802. The molecule has 2 nitrogen and oxygen atoms in total. The van der Waals surface area contributed by atoms with Crippen LogP contribution in [0.3, 0.4) is 0 Å². The second-order valence-corrected chi connectivity index (χ2v) is 4.75. The molecule has 1 aliphatic carbocycles. The van der Waals surface area contributed by atoms with E-state index in [0.29, 0.717) is 10.4 Å². The van der Waals surface area contributed by atoms with Crippen LogP contribution in [0.5, 0.6) is 0 Å². The fraction of sp³-hybridized carbons (Fsp3) is 0.400. The van der Waals surface area contributed by atoms with Gasteiger partial charge in [-0.3, -0.25) is 0 Å². The van der Waals surface area contributed by atoms with E-state index in [1.807, 2.05) is 0 Å². The Balaban J connectivity index is 2.37. The molecular weight excluding hydrogens is 262 g/mol. The molecule has 0 aromatic heterocycles. The van der Waals surface area contributed by atoms with Crippen LogP contribution in [0, 0.1) is 5.82 Å². The summed E-state index contributed by atoms with van der Waals surface area (Å²) in [5.74, 6) is -0.123. The fourth-order valence-electron chi connectivity index (χ4n) is 1.83. The molecule has 1 fully saturated rings. The Bertz CT molecular complexity index is 357. The summed E-state index contributed by atoms with van der Waals surface area (Å²) in [4.78, 5) is 0. The Morgan fingerprint density at radius 3 is 2.40 bits per heavy atom. The number of hydrogen-bond donors (Lipinski definition) is 2. The summed E-state index contributed by atoms with van der Waals surface area (Å²) in [6.45, 7) is 0. The van der Waals surface area contributed by atoms with Gasteiger partial charge < -0.3 is 10.0 Å². The first-order valence-electron chi connectivity index (χ1n) is 4.94. The van der Waals surface area contributed by atoms with Crippen LogP contribution in [0.25, 0.3) is 0 Å². The highest BCUT2D eigenvalue weighted by Gasteiger charge is 2.25. The molecule has 0 aliphatic heterocycles. The van der Waals surface area contributed by atoms with Gasteiger partial charge in [0, 0.05) is 9.94 Å². The number of halogens is 2. The zero-order valence-corrected chi connectivity index (χ0v) is 9.67. The molecule has 1 aromatic rings. The molecule has 5 heteroatoms. The van der Waals surface area contributed by atoms with Crippen molar-refractivity contribution >= 4 is 28.5 Å². The van der Waals surface area contributed by atoms with Crippen molar-refractivity contribution in [2.75, 3.05) is 0 Å². The lowest BCUT2D eigenvalue weighted by Crippen LogP contribution is -2.34. The standard InChI is InChI=1S/C10H11BBrFO2/c12-8-4-7(6-2-1-3-6)5-9(13)10(8)11(14)15/h4-6,14-15H,1-3H2. The maximum Gasteiger partial charge on any atom is 0.492 e. The molecule has 1 saturated carbocycles. The van der Waals surface area contributed by atoms with Crippen molar-refractivity contribution in [3.63, 3.8) is 0 Å². The van der Waals surface area contributed by atoms with Gasteiger partial charge in [0.15, 0.2) is 0 Å². The molecular formula is C10H11BBrFO2. The van der Waals surface area contributed by atoms with Crippen molar-refractivity contribution in [1.29, 1.82) is 0 Å². The van der Waals surface area contributed by atoms with Gasteiger partial charge in [-0.1, -0.05) is 22.4 Å². The molecule has 0 spiro atoms. The van der Waals surface area contributed by atoms with Crippen molar-refractivity contribution in [2.24, 2.45) is 0 Å². The van der Waals surface area contributed by atoms with E-state index in [2.05, 4.69) is 15.9 Å². The molecule has 0 atom stereocenters. The molecule has 0 saturated heterocycles. The smallest absolute Gasteiger partial charge is 0.423 e. The van der Waals surface area contributed by atoms with Crippen molar-refractivity contribution in [1.82, 2.24) is 0 Å². The highest BCUT2D eigenvalue weighted by Crippen LogP contribution is 2.37. The first-order chi connectivity index (χ1) is 7.09. The molecule has 1 aromatic carbocycles. The molecule has 2 N–H and O–H groups in total. The van der Waals surface area contributed by atoms with Gasteiger partial charge >= 0.3 is 7.12 Å². The van der Waals surface area contributed by atoms with Crippen LogP contribution in [0.2, 0.25) is 0 Å². The lowest BCUT2D eigenvalue weighted by atomic mass is 9.76. The molecule has 1 aliphatic rings. The van der Waals surface area contributed by atoms with Crippen molar-refractivity contribution < 1.29 is 14.4 Å². The van der Waals surface area contributed by atoms with Gasteiger partial charge in [0.05, 0.1) is 0 Å². The Morgan fingerprint density at radius 2 is 2.00 bits per heavy atom. The minimum Gasteiger partial charge on any atom is -0.423 e. The van der Waals surface area contributed by atoms with E-state index in [-0.39, 0.29) is 5.46 Å². The summed E-state index contributed by atoms with van der Waals surface area (Å²) in [5, 5.41) is 17.9. The molecule has 0 radical (unpaired) electrons. The molecule has 0 amide bonds. The van der Waals surface area contributed by atoms with Crippen LogP contribution in [-0.2, 0) is 0 Å². The summed E-state index contributed by atoms with van der Waals surface area (Å²) >= 11 is 3.16. The van der Waals surface area contributed by atoms with Crippen LogP contribution >= 0.6 is 15.9 Å². The molecule has 80 valence electrons. The zero-order chi connectivity index (χ0) is 11.0. The molecule has 2 rings (SSSR count).